The second kappa shape index (κ2) is 5.99. The van der Waals surface area contributed by atoms with Gasteiger partial charge in [-0.15, -0.1) is 5.10 Å². The second-order valence-electron chi connectivity index (χ2n) is 4.90. The predicted octanol–water partition coefficient (Wildman–Crippen LogP) is 1.77. The number of aryl methyl sites for hydroxylation is 1. The fourth-order valence-electron chi connectivity index (χ4n) is 2.18. The van der Waals surface area contributed by atoms with Gasteiger partial charge < -0.3 is 5.32 Å². The molecule has 0 aliphatic rings. The Kier molecular flexibility index (Phi) is 4.93. The lowest BCUT2D eigenvalue weighted by Crippen LogP contribution is -2.33. The largest absolute Gasteiger partial charge is 0.316 e. The van der Waals surface area contributed by atoms with Crippen molar-refractivity contribution in [3.05, 3.63) is 11.9 Å². The number of nitrogens with one attached hydrogen (secondary N) is 1. The zero-order valence-electron chi connectivity index (χ0n) is 11.0. The summed E-state index contributed by atoms with van der Waals surface area (Å²) in [5.41, 5.74) is 1.39. The molecule has 0 saturated carbocycles. The quantitative estimate of drug-likeness (QED) is 0.767. The molecule has 0 fully saturated rings. The van der Waals surface area contributed by atoms with Crippen LogP contribution in [0.25, 0.3) is 0 Å². The topological polar surface area (TPSA) is 42.7 Å². The Labute approximate surface area is 98.4 Å². The van der Waals surface area contributed by atoms with Crippen molar-refractivity contribution in [1.82, 2.24) is 20.3 Å². The lowest BCUT2D eigenvalue weighted by Gasteiger charge is -2.28. The highest BCUT2D eigenvalue weighted by molar-refractivity contribution is 4.98. The van der Waals surface area contributed by atoms with E-state index in [0.717, 1.165) is 25.2 Å². The van der Waals surface area contributed by atoms with Crippen molar-refractivity contribution in [3.8, 4) is 0 Å². The monoisotopic (exact) mass is 224 g/mol. The number of hydrogen-bond donors (Lipinski definition) is 1. The van der Waals surface area contributed by atoms with E-state index in [4.69, 9.17) is 0 Å². The highest BCUT2D eigenvalue weighted by Gasteiger charge is 2.24. The summed E-state index contributed by atoms with van der Waals surface area (Å²) in [6.45, 7) is 8.79. The Bertz CT molecular complexity index is 308. The Balaban J connectivity index is 2.62. The minimum atomic E-state index is 0.292. The summed E-state index contributed by atoms with van der Waals surface area (Å²) in [5, 5.41) is 11.6. The van der Waals surface area contributed by atoms with Gasteiger partial charge in [0, 0.05) is 19.8 Å². The van der Waals surface area contributed by atoms with Crippen LogP contribution in [0.3, 0.4) is 0 Å². The Morgan fingerprint density at radius 2 is 2.19 bits per heavy atom. The van der Waals surface area contributed by atoms with Gasteiger partial charge in [-0.3, -0.25) is 4.68 Å². The van der Waals surface area contributed by atoms with Crippen molar-refractivity contribution in [2.75, 3.05) is 13.1 Å². The van der Waals surface area contributed by atoms with Crippen LogP contribution < -0.4 is 5.32 Å². The van der Waals surface area contributed by atoms with Crippen molar-refractivity contribution in [3.63, 3.8) is 0 Å². The molecule has 4 heteroatoms. The van der Waals surface area contributed by atoms with Gasteiger partial charge in [-0.25, -0.2) is 0 Å². The number of aromatic nitrogens is 3. The maximum absolute atomic E-state index is 4.18. The van der Waals surface area contributed by atoms with Crippen LogP contribution in [0.4, 0.5) is 0 Å². The van der Waals surface area contributed by atoms with Gasteiger partial charge in [-0.1, -0.05) is 32.4 Å². The molecule has 0 bridgehead atoms. The molecular formula is C12H24N4. The molecule has 0 saturated heterocycles. The maximum atomic E-state index is 4.18. The first-order valence-electron chi connectivity index (χ1n) is 6.15. The normalized spacial score (nSPS) is 15.0. The lowest BCUT2D eigenvalue weighted by atomic mass is 9.81. The van der Waals surface area contributed by atoms with E-state index in [-0.39, 0.29) is 0 Å². The van der Waals surface area contributed by atoms with Crippen LogP contribution in [-0.2, 0) is 13.5 Å². The first-order chi connectivity index (χ1) is 7.59. The fraction of sp³-hybridized carbons (Fsp3) is 0.833. The minimum Gasteiger partial charge on any atom is -0.316 e. The molecule has 1 atom stereocenters. The maximum Gasteiger partial charge on any atom is 0.0832 e. The van der Waals surface area contributed by atoms with Gasteiger partial charge in [-0.2, -0.15) is 0 Å². The molecular weight excluding hydrogens is 200 g/mol. The van der Waals surface area contributed by atoms with E-state index in [0.29, 0.717) is 5.41 Å². The molecule has 1 N–H and O–H groups in total. The molecule has 1 aromatic rings. The Hall–Kier alpha value is -0.900. The third-order valence-corrected chi connectivity index (χ3v) is 2.91. The summed E-state index contributed by atoms with van der Waals surface area (Å²) in [7, 11) is 1.91. The second-order valence-corrected chi connectivity index (χ2v) is 4.90. The fourth-order valence-corrected chi connectivity index (χ4v) is 2.18. The molecule has 0 aliphatic heterocycles. The third-order valence-electron chi connectivity index (χ3n) is 2.91. The summed E-state index contributed by atoms with van der Waals surface area (Å²) < 4.78 is 1.77. The van der Waals surface area contributed by atoms with Crippen LogP contribution in [0.5, 0.6) is 0 Å². The standard InChI is InChI=1S/C12H24N4/c1-5-7-12(3,10-13-6-2)8-11-9-16(4)15-14-11/h9,13H,5-8,10H2,1-4H3. The van der Waals surface area contributed by atoms with E-state index in [1.165, 1.54) is 12.8 Å². The SMILES string of the molecule is CCCC(C)(CNCC)Cc1cn(C)nn1. The molecule has 0 spiro atoms. The molecule has 0 aliphatic carbocycles. The van der Waals surface area contributed by atoms with E-state index < -0.39 is 0 Å². The first-order valence-corrected chi connectivity index (χ1v) is 6.15. The highest BCUT2D eigenvalue weighted by Crippen LogP contribution is 2.26. The van der Waals surface area contributed by atoms with E-state index in [2.05, 4.69) is 36.4 Å². The van der Waals surface area contributed by atoms with Gasteiger partial charge in [0.05, 0.1) is 5.69 Å². The Morgan fingerprint density at radius 1 is 1.44 bits per heavy atom. The number of rotatable bonds is 7. The van der Waals surface area contributed by atoms with E-state index in [1.54, 1.807) is 4.68 Å². The molecule has 1 heterocycles. The number of nitrogens with zero attached hydrogens (tertiary/aromatic N) is 3. The summed E-state index contributed by atoms with van der Waals surface area (Å²) in [6.07, 6.45) is 5.44. The van der Waals surface area contributed by atoms with E-state index >= 15 is 0 Å². The molecule has 1 unspecified atom stereocenters. The molecule has 16 heavy (non-hydrogen) atoms. The van der Waals surface area contributed by atoms with Crippen LogP contribution in [0.1, 0.15) is 39.3 Å². The molecule has 92 valence electrons. The van der Waals surface area contributed by atoms with Gasteiger partial charge in [0.2, 0.25) is 0 Å². The number of hydrogen-bond acceptors (Lipinski definition) is 3. The van der Waals surface area contributed by atoms with Gasteiger partial charge in [0.15, 0.2) is 0 Å². The Morgan fingerprint density at radius 3 is 2.69 bits per heavy atom. The summed E-state index contributed by atoms with van der Waals surface area (Å²) in [6, 6.07) is 0. The van der Waals surface area contributed by atoms with E-state index in [1.807, 2.05) is 13.2 Å². The summed E-state index contributed by atoms with van der Waals surface area (Å²) >= 11 is 0. The van der Waals surface area contributed by atoms with Crippen LogP contribution >= 0.6 is 0 Å². The molecule has 1 aromatic heterocycles. The molecule has 4 nitrogen and oxygen atoms in total. The van der Waals surface area contributed by atoms with Crippen LogP contribution in [0, 0.1) is 5.41 Å². The summed E-state index contributed by atoms with van der Waals surface area (Å²) in [5.74, 6) is 0. The van der Waals surface area contributed by atoms with Crippen LogP contribution in [-0.4, -0.2) is 28.1 Å². The van der Waals surface area contributed by atoms with Gasteiger partial charge in [0.1, 0.15) is 0 Å². The molecule has 0 radical (unpaired) electrons. The summed E-state index contributed by atoms with van der Waals surface area (Å²) in [4.78, 5) is 0. The van der Waals surface area contributed by atoms with Crippen molar-refractivity contribution in [2.24, 2.45) is 12.5 Å². The zero-order chi connectivity index (χ0) is 12.0. The predicted molar refractivity (Wildman–Crippen MR) is 66.3 cm³/mol. The third kappa shape index (κ3) is 3.93. The highest BCUT2D eigenvalue weighted by atomic mass is 15.4. The van der Waals surface area contributed by atoms with E-state index in [9.17, 15) is 0 Å². The van der Waals surface area contributed by atoms with Gasteiger partial charge >= 0.3 is 0 Å². The molecule has 0 aromatic carbocycles. The van der Waals surface area contributed by atoms with Crippen molar-refractivity contribution >= 4 is 0 Å². The van der Waals surface area contributed by atoms with Gasteiger partial charge in [-0.05, 0) is 24.8 Å². The van der Waals surface area contributed by atoms with Crippen molar-refractivity contribution in [2.45, 2.75) is 40.0 Å². The molecule has 0 amide bonds. The first kappa shape index (κ1) is 13.2. The minimum absolute atomic E-state index is 0.292. The van der Waals surface area contributed by atoms with Gasteiger partial charge in [0.25, 0.3) is 0 Å². The van der Waals surface area contributed by atoms with Crippen molar-refractivity contribution < 1.29 is 0 Å². The van der Waals surface area contributed by atoms with Crippen LogP contribution in [0.2, 0.25) is 0 Å². The average molecular weight is 224 g/mol. The van der Waals surface area contributed by atoms with Crippen LogP contribution in [0.15, 0.2) is 6.20 Å². The lowest BCUT2D eigenvalue weighted by molar-refractivity contribution is 0.275. The average Bonchev–Trinajstić information content (AvgIpc) is 2.61. The molecule has 1 rings (SSSR count). The smallest absolute Gasteiger partial charge is 0.0832 e. The van der Waals surface area contributed by atoms with Crippen molar-refractivity contribution in [1.29, 1.82) is 0 Å². The zero-order valence-corrected chi connectivity index (χ0v) is 11.0.